The summed E-state index contributed by atoms with van der Waals surface area (Å²) >= 11 is 3.34. The monoisotopic (exact) mass is 312 g/mol. The Hall–Kier alpha value is -0.410. The molecule has 2 aliphatic rings. The van der Waals surface area contributed by atoms with E-state index in [0.29, 0.717) is 22.4 Å². The summed E-state index contributed by atoms with van der Waals surface area (Å²) in [6.07, 6.45) is 5.26. The molecule has 0 aliphatic heterocycles. The van der Waals surface area contributed by atoms with Gasteiger partial charge < -0.3 is 5.11 Å². The Labute approximate surface area is 116 Å². The minimum atomic E-state index is -0.676. The number of hydrogen-bond acceptors (Lipinski definition) is 1. The Morgan fingerprint density at radius 3 is 2.78 bits per heavy atom. The summed E-state index contributed by atoms with van der Waals surface area (Å²) in [5.74, 6) is 1.93. The quantitative estimate of drug-likeness (QED) is 0.874. The van der Waals surface area contributed by atoms with Gasteiger partial charge in [-0.2, -0.15) is 0 Å². The molecule has 0 radical (unpaired) electrons. The molecular weight excluding hydrogens is 295 g/mol. The first kappa shape index (κ1) is 12.6. The van der Waals surface area contributed by atoms with Crippen molar-refractivity contribution in [1.82, 2.24) is 0 Å². The van der Waals surface area contributed by atoms with Gasteiger partial charge in [0, 0.05) is 10.0 Å². The normalized spacial score (nSPS) is 31.8. The minimum absolute atomic E-state index is 0.306. The van der Waals surface area contributed by atoms with Crippen LogP contribution in [0.4, 0.5) is 4.39 Å². The summed E-state index contributed by atoms with van der Waals surface area (Å²) in [5, 5.41) is 10.3. The lowest BCUT2D eigenvalue weighted by molar-refractivity contribution is 0.121. The molecule has 0 saturated heterocycles. The number of hydrogen-bond donors (Lipinski definition) is 1. The van der Waals surface area contributed by atoms with Crippen molar-refractivity contribution in [2.75, 3.05) is 0 Å². The SMILES string of the molecule is OC(CC1CC2CCC1C2)c1c(F)cccc1Br. The van der Waals surface area contributed by atoms with E-state index < -0.39 is 6.10 Å². The van der Waals surface area contributed by atoms with Crippen molar-refractivity contribution >= 4 is 15.9 Å². The Morgan fingerprint density at radius 1 is 1.33 bits per heavy atom. The van der Waals surface area contributed by atoms with Crippen LogP contribution in [0, 0.1) is 23.6 Å². The van der Waals surface area contributed by atoms with E-state index in [4.69, 9.17) is 0 Å². The van der Waals surface area contributed by atoms with Gasteiger partial charge in [0.2, 0.25) is 0 Å². The lowest BCUT2D eigenvalue weighted by atomic mass is 9.83. The van der Waals surface area contributed by atoms with Crippen LogP contribution in [0.15, 0.2) is 22.7 Å². The summed E-state index contributed by atoms with van der Waals surface area (Å²) in [5.41, 5.74) is 0.431. The molecule has 2 saturated carbocycles. The van der Waals surface area contributed by atoms with E-state index in [2.05, 4.69) is 15.9 Å². The Bertz CT molecular complexity index is 428. The molecule has 0 heterocycles. The molecule has 1 aromatic carbocycles. The van der Waals surface area contributed by atoms with Crippen LogP contribution < -0.4 is 0 Å². The van der Waals surface area contributed by atoms with Gasteiger partial charge in [-0.05, 0) is 55.6 Å². The molecule has 98 valence electrons. The highest BCUT2D eigenvalue weighted by atomic mass is 79.9. The Morgan fingerprint density at radius 2 is 2.17 bits per heavy atom. The molecule has 0 amide bonds. The summed E-state index contributed by atoms with van der Waals surface area (Å²) < 4.78 is 14.5. The molecule has 1 N–H and O–H groups in total. The van der Waals surface area contributed by atoms with Crippen LogP contribution in [0.5, 0.6) is 0 Å². The summed E-state index contributed by atoms with van der Waals surface area (Å²) in [7, 11) is 0. The van der Waals surface area contributed by atoms with Gasteiger partial charge in [0.15, 0.2) is 0 Å². The smallest absolute Gasteiger partial charge is 0.130 e. The molecular formula is C15H18BrFO. The predicted molar refractivity (Wildman–Crippen MR) is 72.6 cm³/mol. The number of aliphatic hydroxyl groups is 1. The van der Waals surface area contributed by atoms with Crippen molar-refractivity contribution in [1.29, 1.82) is 0 Å². The second kappa shape index (κ2) is 4.93. The third-order valence-corrected chi connectivity index (χ3v) is 5.43. The lowest BCUT2D eigenvalue weighted by Crippen LogP contribution is -2.15. The number of halogens is 2. The van der Waals surface area contributed by atoms with Crippen LogP contribution in [0.1, 0.15) is 43.8 Å². The van der Waals surface area contributed by atoms with E-state index in [1.54, 1.807) is 12.1 Å². The number of benzene rings is 1. The second-order valence-corrected chi connectivity index (χ2v) is 6.68. The van der Waals surface area contributed by atoms with Crippen LogP contribution >= 0.6 is 15.9 Å². The van der Waals surface area contributed by atoms with E-state index in [-0.39, 0.29) is 5.82 Å². The first-order valence-corrected chi connectivity index (χ1v) is 7.56. The van der Waals surface area contributed by atoms with Crippen molar-refractivity contribution in [3.63, 3.8) is 0 Å². The zero-order chi connectivity index (χ0) is 12.7. The highest BCUT2D eigenvalue weighted by molar-refractivity contribution is 9.10. The van der Waals surface area contributed by atoms with Crippen LogP contribution in [-0.2, 0) is 0 Å². The Balaban J connectivity index is 1.73. The zero-order valence-corrected chi connectivity index (χ0v) is 11.9. The maximum Gasteiger partial charge on any atom is 0.130 e. The van der Waals surface area contributed by atoms with Gasteiger partial charge in [0.05, 0.1) is 6.10 Å². The first-order valence-electron chi connectivity index (χ1n) is 6.77. The molecule has 4 atom stereocenters. The van der Waals surface area contributed by atoms with Gasteiger partial charge >= 0.3 is 0 Å². The van der Waals surface area contributed by atoms with Crippen molar-refractivity contribution in [3.8, 4) is 0 Å². The molecule has 3 heteroatoms. The van der Waals surface area contributed by atoms with E-state index in [0.717, 1.165) is 11.8 Å². The van der Waals surface area contributed by atoms with Crippen LogP contribution in [0.25, 0.3) is 0 Å². The topological polar surface area (TPSA) is 20.2 Å². The number of aliphatic hydroxyl groups excluding tert-OH is 1. The first-order chi connectivity index (χ1) is 8.65. The summed E-state index contributed by atoms with van der Waals surface area (Å²) in [4.78, 5) is 0. The molecule has 4 unspecified atom stereocenters. The zero-order valence-electron chi connectivity index (χ0n) is 10.3. The van der Waals surface area contributed by atoms with Gasteiger partial charge in [-0.25, -0.2) is 4.39 Å². The maximum absolute atomic E-state index is 13.8. The fraction of sp³-hybridized carbons (Fsp3) is 0.600. The van der Waals surface area contributed by atoms with E-state index in [1.165, 1.54) is 31.7 Å². The van der Waals surface area contributed by atoms with Gasteiger partial charge in [0.25, 0.3) is 0 Å². The third kappa shape index (κ3) is 2.23. The van der Waals surface area contributed by atoms with E-state index >= 15 is 0 Å². The standard InChI is InChI=1S/C15H18BrFO/c16-12-2-1-3-13(17)15(12)14(18)8-11-7-9-4-5-10(11)6-9/h1-3,9-11,14,18H,4-8H2. The van der Waals surface area contributed by atoms with Crippen LogP contribution in [-0.4, -0.2) is 5.11 Å². The van der Waals surface area contributed by atoms with Gasteiger partial charge in [-0.15, -0.1) is 0 Å². The van der Waals surface area contributed by atoms with E-state index in [1.807, 2.05) is 0 Å². The molecule has 1 nitrogen and oxygen atoms in total. The lowest BCUT2D eigenvalue weighted by Gasteiger charge is -2.24. The summed E-state index contributed by atoms with van der Waals surface area (Å²) in [6, 6.07) is 4.87. The number of fused-ring (bicyclic) bond motifs is 2. The van der Waals surface area contributed by atoms with Crippen molar-refractivity contribution < 1.29 is 9.50 Å². The molecule has 3 rings (SSSR count). The molecule has 2 fully saturated rings. The van der Waals surface area contributed by atoms with Gasteiger partial charge in [-0.3, -0.25) is 0 Å². The maximum atomic E-state index is 13.8. The van der Waals surface area contributed by atoms with Crippen molar-refractivity contribution in [2.45, 2.75) is 38.2 Å². The number of rotatable bonds is 3. The van der Waals surface area contributed by atoms with Gasteiger partial charge in [0.1, 0.15) is 5.82 Å². The second-order valence-electron chi connectivity index (χ2n) is 5.82. The van der Waals surface area contributed by atoms with Crippen molar-refractivity contribution in [2.24, 2.45) is 17.8 Å². The highest BCUT2D eigenvalue weighted by Gasteiger charge is 2.40. The molecule has 2 bridgehead atoms. The predicted octanol–water partition coefficient (Wildman–Crippen LogP) is 4.45. The fourth-order valence-electron chi connectivity index (χ4n) is 3.90. The molecule has 18 heavy (non-hydrogen) atoms. The largest absolute Gasteiger partial charge is 0.388 e. The fourth-order valence-corrected chi connectivity index (χ4v) is 4.51. The Kier molecular flexibility index (Phi) is 3.46. The minimum Gasteiger partial charge on any atom is -0.388 e. The van der Waals surface area contributed by atoms with Crippen LogP contribution in [0.3, 0.4) is 0 Å². The molecule has 2 aliphatic carbocycles. The van der Waals surface area contributed by atoms with Crippen molar-refractivity contribution in [3.05, 3.63) is 34.1 Å². The molecule has 0 aromatic heterocycles. The van der Waals surface area contributed by atoms with E-state index in [9.17, 15) is 9.50 Å². The summed E-state index contributed by atoms with van der Waals surface area (Å²) in [6.45, 7) is 0. The average molecular weight is 313 g/mol. The molecule has 0 spiro atoms. The highest BCUT2D eigenvalue weighted by Crippen LogP contribution is 2.51. The van der Waals surface area contributed by atoms with Gasteiger partial charge in [-0.1, -0.05) is 28.4 Å². The molecule has 1 aromatic rings. The average Bonchev–Trinajstić information content (AvgIpc) is 2.90. The van der Waals surface area contributed by atoms with Crippen LogP contribution in [0.2, 0.25) is 0 Å². The third-order valence-electron chi connectivity index (χ3n) is 4.74.